The van der Waals surface area contributed by atoms with Gasteiger partial charge in [-0.05, 0) is 11.6 Å². The summed E-state index contributed by atoms with van der Waals surface area (Å²) in [6, 6.07) is 2.93. The van der Waals surface area contributed by atoms with Crippen LogP contribution in [0.1, 0.15) is 22.0 Å². The van der Waals surface area contributed by atoms with Crippen LogP contribution in [0.3, 0.4) is 0 Å². The number of hydrogen-bond acceptors (Lipinski definition) is 6. The van der Waals surface area contributed by atoms with E-state index >= 15 is 0 Å². The summed E-state index contributed by atoms with van der Waals surface area (Å²) >= 11 is 0. The van der Waals surface area contributed by atoms with E-state index in [9.17, 15) is 24.8 Å². The summed E-state index contributed by atoms with van der Waals surface area (Å²) in [6.45, 7) is 0. The molecule has 0 aliphatic rings. The number of aliphatic carboxylic acids is 1. The van der Waals surface area contributed by atoms with E-state index in [1.54, 1.807) is 0 Å². The fraction of sp³-hybridized carbons (Fsp3) is 0.200. The highest BCUT2D eigenvalue weighted by Crippen LogP contribution is 2.23. The molecule has 0 saturated heterocycles. The Hall–Kier alpha value is -2.32. The van der Waals surface area contributed by atoms with Crippen LogP contribution in [0.25, 0.3) is 0 Å². The number of benzene rings is 1. The minimum Gasteiger partial charge on any atom is -0.479 e. The second kappa shape index (κ2) is 5.34. The molecule has 8 heteroatoms. The molecule has 0 amide bonds. The lowest BCUT2D eigenvalue weighted by atomic mass is 10.0. The van der Waals surface area contributed by atoms with Crippen molar-refractivity contribution in [3.63, 3.8) is 0 Å². The lowest BCUT2D eigenvalue weighted by Gasteiger charge is -2.14. The molecule has 3 N–H and O–H groups in total. The molecular formula is C10H9NO7. The molecule has 18 heavy (non-hydrogen) atoms. The Morgan fingerprint density at radius 1 is 1.33 bits per heavy atom. The van der Waals surface area contributed by atoms with Crippen molar-refractivity contribution in [3.8, 4) is 0 Å². The second-order valence-corrected chi connectivity index (χ2v) is 3.46. The first kappa shape index (κ1) is 13.7. The summed E-state index contributed by atoms with van der Waals surface area (Å²) < 4.78 is 0. The molecule has 0 saturated carbocycles. The monoisotopic (exact) mass is 255 g/mol. The van der Waals surface area contributed by atoms with E-state index in [-0.39, 0.29) is 11.1 Å². The van der Waals surface area contributed by atoms with E-state index in [4.69, 9.17) is 10.2 Å². The molecular weight excluding hydrogens is 246 g/mol. The van der Waals surface area contributed by atoms with Gasteiger partial charge in [0.1, 0.15) is 12.4 Å². The Bertz CT molecular complexity index is 499. The SMILES string of the molecule is O=Cc1cc(C(O)C(O)C(=O)O)cc([N+](=O)[O-])c1. The number of nitro groups is 1. The normalized spacial score (nSPS) is 13.7. The Morgan fingerprint density at radius 3 is 2.39 bits per heavy atom. The fourth-order valence-corrected chi connectivity index (χ4v) is 1.32. The zero-order chi connectivity index (χ0) is 13.9. The zero-order valence-electron chi connectivity index (χ0n) is 8.89. The molecule has 0 spiro atoms. The van der Waals surface area contributed by atoms with Crippen LogP contribution in [0.4, 0.5) is 5.69 Å². The molecule has 1 aromatic rings. The number of non-ortho nitro benzene ring substituents is 1. The molecule has 2 unspecified atom stereocenters. The van der Waals surface area contributed by atoms with E-state index in [2.05, 4.69) is 0 Å². The van der Waals surface area contributed by atoms with E-state index in [0.717, 1.165) is 18.2 Å². The van der Waals surface area contributed by atoms with E-state index < -0.39 is 28.8 Å². The maximum Gasteiger partial charge on any atom is 0.335 e. The third kappa shape index (κ3) is 2.87. The van der Waals surface area contributed by atoms with Crippen LogP contribution in [0.5, 0.6) is 0 Å². The van der Waals surface area contributed by atoms with Crippen molar-refractivity contribution in [1.82, 2.24) is 0 Å². The quantitative estimate of drug-likeness (QED) is 0.379. The standard InChI is InChI=1S/C10H9NO7/c12-4-5-1-6(3-7(2-5)11(17)18)8(13)9(14)10(15)16/h1-4,8-9,13-14H,(H,15,16). The van der Waals surface area contributed by atoms with Crippen LogP contribution in [0.15, 0.2) is 18.2 Å². The van der Waals surface area contributed by atoms with Crippen molar-refractivity contribution in [2.24, 2.45) is 0 Å². The van der Waals surface area contributed by atoms with E-state index in [1.807, 2.05) is 0 Å². The average molecular weight is 255 g/mol. The number of carboxylic acid groups (broad SMARTS) is 1. The van der Waals surface area contributed by atoms with Gasteiger partial charge in [0.2, 0.25) is 0 Å². The van der Waals surface area contributed by atoms with E-state index in [0.29, 0.717) is 6.29 Å². The van der Waals surface area contributed by atoms with Gasteiger partial charge in [-0.3, -0.25) is 14.9 Å². The predicted molar refractivity (Wildman–Crippen MR) is 57.1 cm³/mol. The van der Waals surface area contributed by atoms with Crippen molar-refractivity contribution < 1.29 is 29.8 Å². The van der Waals surface area contributed by atoms with E-state index in [1.165, 1.54) is 0 Å². The van der Waals surface area contributed by atoms with Gasteiger partial charge in [-0.15, -0.1) is 0 Å². The first-order chi connectivity index (χ1) is 8.36. The Labute approximate surface area is 100 Å². The molecule has 0 aliphatic heterocycles. The predicted octanol–water partition coefficient (Wildman–Crippen LogP) is -0.114. The van der Waals surface area contributed by atoms with Crippen LogP contribution in [0, 0.1) is 10.1 Å². The van der Waals surface area contributed by atoms with Crippen molar-refractivity contribution >= 4 is 17.9 Å². The van der Waals surface area contributed by atoms with Gasteiger partial charge in [0, 0.05) is 17.7 Å². The number of rotatable bonds is 5. The highest BCUT2D eigenvalue weighted by molar-refractivity contribution is 5.77. The first-order valence-corrected chi connectivity index (χ1v) is 4.70. The molecule has 0 fully saturated rings. The van der Waals surface area contributed by atoms with Crippen LogP contribution in [-0.2, 0) is 4.79 Å². The van der Waals surface area contributed by atoms with Crippen LogP contribution < -0.4 is 0 Å². The minimum absolute atomic E-state index is 0.101. The van der Waals surface area contributed by atoms with Crippen molar-refractivity contribution in [3.05, 3.63) is 39.4 Å². The molecule has 0 radical (unpaired) electrons. The smallest absolute Gasteiger partial charge is 0.335 e. The van der Waals surface area contributed by atoms with Crippen LogP contribution >= 0.6 is 0 Å². The van der Waals surface area contributed by atoms with Crippen LogP contribution in [0.2, 0.25) is 0 Å². The number of aliphatic hydroxyl groups is 2. The Kier molecular flexibility index (Phi) is 4.08. The van der Waals surface area contributed by atoms with Crippen LogP contribution in [-0.4, -0.2) is 38.6 Å². The van der Waals surface area contributed by atoms with Crippen molar-refractivity contribution in [2.45, 2.75) is 12.2 Å². The van der Waals surface area contributed by atoms with Crippen molar-refractivity contribution in [1.29, 1.82) is 0 Å². The molecule has 1 rings (SSSR count). The van der Waals surface area contributed by atoms with Crippen molar-refractivity contribution in [2.75, 3.05) is 0 Å². The number of carbonyl (C=O) groups excluding carboxylic acids is 1. The summed E-state index contributed by atoms with van der Waals surface area (Å²) in [5.74, 6) is -1.68. The second-order valence-electron chi connectivity index (χ2n) is 3.46. The average Bonchev–Trinajstić information content (AvgIpc) is 2.35. The Balaban J connectivity index is 3.23. The molecule has 2 atom stereocenters. The number of carbonyl (C=O) groups is 2. The number of carboxylic acids is 1. The zero-order valence-corrected chi connectivity index (χ0v) is 8.89. The van der Waals surface area contributed by atoms with Gasteiger partial charge in [-0.1, -0.05) is 0 Å². The molecule has 0 bridgehead atoms. The lowest BCUT2D eigenvalue weighted by Crippen LogP contribution is -2.27. The summed E-state index contributed by atoms with van der Waals surface area (Å²) in [5.41, 5.74) is -0.803. The number of aldehydes is 1. The first-order valence-electron chi connectivity index (χ1n) is 4.70. The number of aliphatic hydroxyl groups excluding tert-OH is 2. The van der Waals surface area contributed by atoms with Gasteiger partial charge in [0.05, 0.1) is 4.92 Å². The summed E-state index contributed by atoms with van der Waals surface area (Å²) in [4.78, 5) is 30.8. The Morgan fingerprint density at radius 2 is 1.94 bits per heavy atom. The maximum atomic E-state index is 10.6. The number of hydrogen-bond donors (Lipinski definition) is 3. The van der Waals surface area contributed by atoms with Gasteiger partial charge in [0.15, 0.2) is 6.10 Å². The molecule has 0 aromatic heterocycles. The van der Waals surface area contributed by atoms with Gasteiger partial charge in [0.25, 0.3) is 5.69 Å². The summed E-state index contributed by atoms with van der Waals surface area (Å²) in [6.07, 6.45) is -3.68. The van der Waals surface area contributed by atoms with Gasteiger partial charge >= 0.3 is 5.97 Å². The molecule has 0 heterocycles. The summed E-state index contributed by atoms with van der Waals surface area (Å²) in [7, 11) is 0. The fourth-order valence-electron chi connectivity index (χ4n) is 1.32. The lowest BCUT2D eigenvalue weighted by molar-refractivity contribution is -0.385. The minimum atomic E-state index is -2.13. The molecule has 1 aromatic carbocycles. The van der Waals surface area contributed by atoms with Gasteiger partial charge in [-0.25, -0.2) is 4.79 Å². The summed E-state index contributed by atoms with van der Waals surface area (Å²) in [5, 5.41) is 37.7. The molecule has 0 aliphatic carbocycles. The maximum absolute atomic E-state index is 10.6. The molecule has 8 nitrogen and oxygen atoms in total. The number of nitrogens with zero attached hydrogens (tertiary/aromatic N) is 1. The molecule has 96 valence electrons. The highest BCUT2D eigenvalue weighted by Gasteiger charge is 2.26. The highest BCUT2D eigenvalue weighted by atomic mass is 16.6. The van der Waals surface area contributed by atoms with Gasteiger partial charge in [-0.2, -0.15) is 0 Å². The number of nitro benzene ring substituents is 1. The van der Waals surface area contributed by atoms with Gasteiger partial charge < -0.3 is 15.3 Å². The largest absolute Gasteiger partial charge is 0.479 e. The third-order valence-electron chi connectivity index (χ3n) is 2.20. The third-order valence-corrected chi connectivity index (χ3v) is 2.20. The topological polar surface area (TPSA) is 138 Å².